The van der Waals surface area contributed by atoms with Gasteiger partial charge in [0.05, 0.1) is 0 Å². The maximum atomic E-state index is 6.39. The molecule has 0 saturated heterocycles. The minimum absolute atomic E-state index is 0. The summed E-state index contributed by atoms with van der Waals surface area (Å²) in [4.78, 5) is 8.90. The molecule has 38 heavy (non-hydrogen) atoms. The monoisotopic (exact) mass is 512 g/mol. The van der Waals surface area contributed by atoms with Crippen molar-refractivity contribution in [3.05, 3.63) is 59.2 Å². The third-order valence-electron chi connectivity index (χ3n) is 8.93. The predicted molar refractivity (Wildman–Crippen MR) is 159 cm³/mol. The second-order valence-corrected chi connectivity index (χ2v) is 12.2. The van der Waals surface area contributed by atoms with Crippen LogP contribution < -0.4 is 11.5 Å². The van der Waals surface area contributed by atoms with E-state index in [2.05, 4.69) is 33.6 Å². The molecular formula is C34H48N4. The van der Waals surface area contributed by atoms with Crippen LogP contribution in [-0.4, -0.2) is 21.0 Å². The van der Waals surface area contributed by atoms with Gasteiger partial charge in [-0.3, -0.25) is 0 Å². The summed E-state index contributed by atoms with van der Waals surface area (Å²) in [5.41, 5.74) is 17.1. The van der Waals surface area contributed by atoms with E-state index in [9.17, 15) is 0 Å². The standard InChI is InChI=1S/2C16H20N2.2CH4/c2*1-13-4-2-5-14(18-13)6-9-15-7-3-8-16(17,12-15)11-10-15;;/h2*2,4-5H,3,7-8,10-12,17H2,1H3;2*1H4/t2*15-,16+;;/m10../s1. The average molecular weight is 513 g/mol. The van der Waals surface area contributed by atoms with Gasteiger partial charge in [-0.1, -0.05) is 51.7 Å². The fourth-order valence-corrected chi connectivity index (χ4v) is 7.05. The molecule has 4 fully saturated rings. The van der Waals surface area contributed by atoms with Crippen LogP contribution in [0.2, 0.25) is 0 Å². The zero-order valence-electron chi connectivity index (χ0n) is 22.0. The normalized spacial score (nSPS) is 32.1. The van der Waals surface area contributed by atoms with Crippen molar-refractivity contribution in [2.45, 2.75) is 117 Å². The van der Waals surface area contributed by atoms with Crippen molar-refractivity contribution in [1.29, 1.82) is 0 Å². The van der Waals surface area contributed by atoms with Crippen molar-refractivity contribution in [3.63, 3.8) is 0 Å². The summed E-state index contributed by atoms with van der Waals surface area (Å²) in [5, 5.41) is 0. The molecule has 0 radical (unpaired) electrons. The highest BCUT2D eigenvalue weighted by molar-refractivity contribution is 5.33. The summed E-state index contributed by atoms with van der Waals surface area (Å²) in [6, 6.07) is 12.0. The molecule has 4 bridgehead atoms. The zero-order chi connectivity index (χ0) is 25.3. The van der Waals surface area contributed by atoms with Crippen LogP contribution in [0, 0.1) is 48.4 Å². The average Bonchev–Trinajstić information content (AvgIpc) is 3.24. The number of aromatic nitrogens is 2. The Kier molecular flexibility index (Phi) is 9.13. The van der Waals surface area contributed by atoms with E-state index in [0.717, 1.165) is 48.5 Å². The molecule has 0 unspecified atom stereocenters. The van der Waals surface area contributed by atoms with E-state index in [-0.39, 0.29) is 36.8 Å². The molecular weight excluding hydrogens is 464 g/mol. The third-order valence-corrected chi connectivity index (χ3v) is 8.93. The number of nitrogens with two attached hydrogens (primary N) is 2. The predicted octanol–water partition coefficient (Wildman–Crippen LogP) is 6.86. The maximum Gasteiger partial charge on any atom is 0.113 e. The number of hydrogen-bond acceptors (Lipinski definition) is 4. The zero-order valence-corrected chi connectivity index (χ0v) is 22.0. The third kappa shape index (κ3) is 6.85. The molecule has 204 valence electrons. The summed E-state index contributed by atoms with van der Waals surface area (Å²) < 4.78 is 0. The molecule has 0 aromatic carbocycles. The minimum Gasteiger partial charge on any atom is -0.325 e. The van der Waals surface area contributed by atoms with E-state index in [1.54, 1.807) is 0 Å². The summed E-state index contributed by atoms with van der Waals surface area (Å²) >= 11 is 0. The largest absolute Gasteiger partial charge is 0.325 e. The number of fused-ring (bicyclic) bond motifs is 4. The summed E-state index contributed by atoms with van der Waals surface area (Å²) in [6.45, 7) is 4.01. The molecule has 4 atom stereocenters. The van der Waals surface area contributed by atoms with Crippen LogP contribution in [0.3, 0.4) is 0 Å². The van der Waals surface area contributed by atoms with Crippen LogP contribution in [0.4, 0.5) is 0 Å². The number of nitrogens with zero attached hydrogens (tertiary/aromatic N) is 2. The van der Waals surface area contributed by atoms with Crippen molar-refractivity contribution >= 4 is 0 Å². The highest BCUT2D eigenvalue weighted by Gasteiger charge is 2.49. The Morgan fingerprint density at radius 3 is 1.42 bits per heavy atom. The van der Waals surface area contributed by atoms with Crippen molar-refractivity contribution in [2.75, 3.05) is 0 Å². The first-order chi connectivity index (χ1) is 17.2. The Labute approximate surface area is 231 Å². The van der Waals surface area contributed by atoms with Crippen LogP contribution >= 0.6 is 0 Å². The van der Waals surface area contributed by atoms with Crippen LogP contribution in [0.1, 0.15) is 115 Å². The Hall–Kier alpha value is -2.66. The quantitative estimate of drug-likeness (QED) is 0.378. The molecule has 4 N–H and O–H groups in total. The molecule has 0 spiro atoms. The van der Waals surface area contributed by atoms with E-state index in [1.165, 1.54) is 51.4 Å². The van der Waals surface area contributed by atoms with Crippen molar-refractivity contribution in [3.8, 4) is 23.7 Å². The molecule has 2 aromatic heterocycles. The van der Waals surface area contributed by atoms with Gasteiger partial charge in [-0.2, -0.15) is 0 Å². The topological polar surface area (TPSA) is 77.8 Å². The first-order valence-corrected chi connectivity index (χ1v) is 13.7. The van der Waals surface area contributed by atoms with E-state index in [0.29, 0.717) is 0 Å². The molecule has 2 aromatic rings. The van der Waals surface area contributed by atoms with E-state index < -0.39 is 0 Å². The summed E-state index contributed by atoms with van der Waals surface area (Å²) in [6.07, 6.45) is 14.0. The van der Waals surface area contributed by atoms with Gasteiger partial charge in [0.25, 0.3) is 0 Å². The van der Waals surface area contributed by atoms with Crippen molar-refractivity contribution < 1.29 is 0 Å². The van der Waals surface area contributed by atoms with Gasteiger partial charge in [0, 0.05) is 33.3 Å². The SMILES string of the molecule is C.C.Cc1cccc(C#C[C@@]23CCC[C@@](N)(CC2)C3)n1.Cc1cccc(C#C[C@]23CCC[C@](N)(CC2)C3)n1. The molecule has 2 heterocycles. The van der Waals surface area contributed by atoms with Gasteiger partial charge in [-0.05, 0) is 114 Å². The molecule has 4 aliphatic rings. The molecule has 6 rings (SSSR count). The smallest absolute Gasteiger partial charge is 0.113 e. The highest BCUT2D eigenvalue weighted by Crippen LogP contribution is 2.53. The lowest BCUT2D eigenvalue weighted by Gasteiger charge is -2.33. The van der Waals surface area contributed by atoms with Crippen LogP contribution in [0.15, 0.2) is 36.4 Å². The summed E-state index contributed by atoms with van der Waals surface area (Å²) in [7, 11) is 0. The summed E-state index contributed by atoms with van der Waals surface area (Å²) in [5.74, 6) is 13.6. The van der Waals surface area contributed by atoms with Gasteiger partial charge in [0.2, 0.25) is 0 Å². The van der Waals surface area contributed by atoms with Gasteiger partial charge in [-0.25, -0.2) is 9.97 Å². The second-order valence-electron chi connectivity index (χ2n) is 12.2. The van der Waals surface area contributed by atoms with Gasteiger partial charge in [-0.15, -0.1) is 0 Å². The number of pyridine rings is 2. The molecule has 4 saturated carbocycles. The van der Waals surface area contributed by atoms with Gasteiger partial charge >= 0.3 is 0 Å². The number of aryl methyl sites for hydroxylation is 2. The van der Waals surface area contributed by atoms with Gasteiger partial charge in [0.15, 0.2) is 0 Å². The first kappa shape index (κ1) is 29.9. The molecule has 4 aliphatic carbocycles. The second kappa shape index (κ2) is 11.6. The highest BCUT2D eigenvalue weighted by atomic mass is 14.8. The lowest BCUT2D eigenvalue weighted by Crippen LogP contribution is -2.40. The lowest BCUT2D eigenvalue weighted by molar-refractivity contribution is 0.256. The Bertz CT molecular complexity index is 1150. The lowest BCUT2D eigenvalue weighted by atomic mass is 9.74. The van der Waals surface area contributed by atoms with Crippen LogP contribution in [-0.2, 0) is 0 Å². The molecule has 0 aliphatic heterocycles. The maximum absolute atomic E-state index is 6.39. The van der Waals surface area contributed by atoms with E-state index >= 15 is 0 Å². The van der Waals surface area contributed by atoms with Crippen molar-refractivity contribution in [1.82, 2.24) is 9.97 Å². The molecule has 4 nitrogen and oxygen atoms in total. The fraction of sp³-hybridized carbons (Fsp3) is 0.588. The fourth-order valence-electron chi connectivity index (χ4n) is 7.05. The number of hydrogen-bond donors (Lipinski definition) is 2. The Balaban J connectivity index is 0.000000200. The van der Waals surface area contributed by atoms with Crippen LogP contribution in [0.25, 0.3) is 0 Å². The van der Waals surface area contributed by atoms with Crippen molar-refractivity contribution in [2.24, 2.45) is 22.3 Å². The minimum atomic E-state index is 0. The van der Waals surface area contributed by atoms with E-state index in [4.69, 9.17) is 11.5 Å². The van der Waals surface area contributed by atoms with Gasteiger partial charge in [0.1, 0.15) is 11.4 Å². The Morgan fingerprint density at radius 2 is 1.03 bits per heavy atom. The van der Waals surface area contributed by atoms with Gasteiger partial charge < -0.3 is 11.5 Å². The Morgan fingerprint density at radius 1 is 0.605 bits per heavy atom. The molecule has 4 heteroatoms. The number of rotatable bonds is 0. The molecule has 0 amide bonds. The van der Waals surface area contributed by atoms with E-state index in [1.807, 2.05) is 50.2 Å². The first-order valence-electron chi connectivity index (χ1n) is 13.7. The van der Waals surface area contributed by atoms with Crippen LogP contribution in [0.5, 0.6) is 0 Å².